The molecule has 21 heavy (non-hydrogen) atoms. The summed E-state index contributed by atoms with van der Waals surface area (Å²) in [6.07, 6.45) is 4.77. The van der Waals surface area contributed by atoms with Crippen LogP contribution in [0.1, 0.15) is 42.8 Å². The van der Waals surface area contributed by atoms with Gasteiger partial charge < -0.3 is 10.1 Å². The Bertz CT molecular complexity index is 609. The first-order valence-corrected chi connectivity index (χ1v) is 8.51. The van der Waals surface area contributed by atoms with Crippen molar-refractivity contribution in [2.45, 2.75) is 38.6 Å². The number of hydrogen-bond donors (Lipinski definition) is 1. The number of ether oxygens (including phenoxy) is 1. The number of rotatable bonds is 5. The smallest absolute Gasteiger partial charge is 0.129 e. The topological polar surface area (TPSA) is 34.1 Å². The summed E-state index contributed by atoms with van der Waals surface area (Å²) >= 11 is 1.82. The van der Waals surface area contributed by atoms with Crippen LogP contribution in [0.2, 0.25) is 0 Å². The highest BCUT2D eigenvalue weighted by atomic mass is 32.1. The molecule has 0 bridgehead atoms. The molecule has 4 heteroatoms. The molecule has 1 aromatic heterocycles. The molecule has 1 aliphatic rings. The SMILES string of the molecule is CCCNC1CCCc2sc(-c3ccccc3OC)nc21. The number of nitrogens with one attached hydrogen (secondary N) is 1. The third-order valence-electron chi connectivity index (χ3n) is 3.93. The number of nitrogens with zero attached hydrogens (tertiary/aromatic N) is 1. The molecule has 1 heterocycles. The van der Waals surface area contributed by atoms with Crippen LogP contribution in [0.25, 0.3) is 10.6 Å². The van der Waals surface area contributed by atoms with Gasteiger partial charge in [0, 0.05) is 4.88 Å². The molecule has 1 aromatic carbocycles. The van der Waals surface area contributed by atoms with Crippen molar-refractivity contribution < 1.29 is 4.74 Å². The number of fused-ring (bicyclic) bond motifs is 1. The van der Waals surface area contributed by atoms with Crippen molar-refractivity contribution in [1.29, 1.82) is 0 Å². The van der Waals surface area contributed by atoms with Crippen molar-refractivity contribution in [2.24, 2.45) is 0 Å². The van der Waals surface area contributed by atoms with E-state index < -0.39 is 0 Å². The normalized spacial score (nSPS) is 17.5. The second-order valence-corrected chi connectivity index (χ2v) is 6.51. The van der Waals surface area contributed by atoms with Crippen LogP contribution in [0.3, 0.4) is 0 Å². The standard InChI is InChI=1S/C17H22N2OS/c1-3-11-18-13-8-6-10-15-16(13)19-17(21-15)12-7-4-5-9-14(12)20-2/h4-5,7,9,13,18H,3,6,8,10-11H2,1-2H3. The highest BCUT2D eigenvalue weighted by Gasteiger charge is 2.25. The van der Waals surface area contributed by atoms with Gasteiger partial charge in [-0.3, -0.25) is 0 Å². The minimum absolute atomic E-state index is 0.424. The predicted molar refractivity (Wildman–Crippen MR) is 88.1 cm³/mol. The van der Waals surface area contributed by atoms with E-state index in [1.807, 2.05) is 29.5 Å². The van der Waals surface area contributed by atoms with Crippen molar-refractivity contribution in [3.8, 4) is 16.3 Å². The van der Waals surface area contributed by atoms with E-state index in [2.05, 4.69) is 18.3 Å². The summed E-state index contributed by atoms with van der Waals surface area (Å²) in [5.41, 5.74) is 2.37. The quantitative estimate of drug-likeness (QED) is 0.899. The summed E-state index contributed by atoms with van der Waals surface area (Å²) in [6, 6.07) is 8.57. The number of benzene rings is 1. The van der Waals surface area contributed by atoms with Crippen LogP contribution in [-0.4, -0.2) is 18.6 Å². The Morgan fingerprint density at radius 1 is 1.38 bits per heavy atom. The third-order valence-corrected chi connectivity index (χ3v) is 5.10. The van der Waals surface area contributed by atoms with E-state index in [1.54, 1.807) is 7.11 Å². The number of aryl methyl sites for hydroxylation is 1. The first-order valence-electron chi connectivity index (χ1n) is 7.69. The molecule has 1 atom stereocenters. The van der Waals surface area contributed by atoms with Crippen LogP contribution in [0.5, 0.6) is 5.75 Å². The maximum Gasteiger partial charge on any atom is 0.129 e. The predicted octanol–water partition coefficient (Wildman–Crippen LogP) is 4.20. The summed E-state index contributed by atoms with van der Waals surface area (Å²) in [4.78, 5) is 6.38. The number of para-hydroxylation sites is 1. The van der Waals surface area contributed by atoms with Gasteiger partial charge in [-0.05, 0) is 44.4 Å². The molecule has 1 N–H and O–H groups in total. The average Bonchev–Trinajstić information content (AvgIpc) is 2.97. The van der Waals surface area contributed by atoms with Gasteiger partial charge in [-0.1, -0.05) is 19.1 Å². The van der Waals surface area contributed by atoms with Gasteiger partial charge in [-0.15, -0.1) is 11.3 Å². The van der Waals surface area contributed by atoms with Crippen LogP contribution < -0.4 is 10.1 Å². The van der Waals surface area contributed by atoms with Gasteiger partial charge in [0.05, 0.1) is 24.4 Å². The minimum Gasteiger partial charge on any atom is -0.496 e. The van der Waals surface area contributed by atoms with Gasteiger partial charge in [0.25, 0.3) is 0 Å². The zero-order valence-electron chi connectivity index (χ0n) is 12.7. The summed E-state index contributed by atoms with van der Waals surface area (Å²) < 4.78 is 5.47. The maximum atomic E-state index is 5.47. The molecular weight excluding hydrogens is 280 g/mol. The van der Waals surface area contributed by atoms with Crippen LogP contribution in [0, 0.1) is 0 Å². The Morgan fingerprint density at radius 3 is 3.05 bits per heavy atom. The lowest BCUT2D eigenvalue weighted by Gasteiger charge is -2.22. The molecule has 1 aliphatic carbocycles. The van der Waals surface area contributed by atoms with Crippen molar-refractivity contribution in [3.63, 3.8) is 0 Å². The Morgan fingerprint density at radius 2 is 2.24 bits per heavy atom. The van der Waals surface area contributed by atoms with Gasteiger partial charge >= 0.3 is 0 Å². The minimum atomic E-state index is 0.424. The number of thiazole rings is 1. The fraction of sp³-hybridized carbons (Fsp3) is 0.471. The zero-order chi connectivity index (χ0) is 14.7. The number of hydrogen-bond acceptors (Lipinski definition) is 4. The van der Waals surface area contributed by atoms with Gasteiger partial charge in [-0.25, -0.2) is 4.98 Å². The summed E-state index contributed by atoms with van der Waals surface area (Å²) in [5.74, 6) is 0.904. The Kier molecular flexibility index (Phi) is 4.56. The fourth-order valence-electron chi connectivity index (χ4n) is 2.87. The van der Waals surface area contributed by atoms with E-state index in [-0.39, 0.29) is 0 Å². The van der Waals surface area contributed by atoms with Crippen LogP contribution >= 0.6 is 11.3 Å². The lowest BCUT2D eigenvalue weighted by Crippen LogP contribution is -2.25. The zero-order valence-corrected chi connectivity index (χ0v) is 13.5. The van der Waals surface area contributed by atoms with E-state index in [9.17, 15) is 0 Å². The molecule has 0 aliphatic heterocycles. The van der Waals surface area contributed by atoms with Crippen LogP contribution in [0.15, 0.2) is 24.3 Å². The second kappa shape index (κ2) is 6.58. The van der Waals surface area contributed by atoms with Crippen molar-refractivity contribution in [2.75, 3.05) is 13.7 Å². The molecule has 0 amide bonds. The number of aromatic nitrogens is 1. The molecule has 0 radical (unpaired) electrons. The number of methoxy groups -OCH3 is 1. The first-order chi connectivity index (χ1) is 10.3. The van der Waals surface area contributed by atoms with Gasteiger partial charge in [0.2, 0.25) is 0 Å². The van der Waals surface area contributed by atoms with E-state index in [1.165, 1.54) is 23.4 Å². The van der Waals surface area contributed by atoms with Gasteiger partial charge in [0.15, 0.2) is 0 Å². The Hall–Kier alpha value is -1.39. The monoisotopic (exact) mass is 302 g/mol. The third kappa shape index (κ3) is 2.97. The van der Waals surface area contributed by atoms with E-state index in [4.69, 9.17) is 9.72 Å². The summed E-state index contributed by atoms with van der Waals surface area (Å²) in [5, 5.41) is 4.72. The van der Waals surface area contributed by atoms with Gasteiger partial charge in [-0.2, -0.15) is 0 Å². The lowest BCUT2D eigenvalue weighted by atomic mass is 9.97. The molecule has 0 saturated carbocycles. The van der Waals surface area contributed by atoms with Crippen molar-refractivity contribution >= 4 is 11.3 Å². The Balaban J connectivity index is 1.94. The van der Waals surface area contributed by atoms with Crippen molar-refractivity contribution in [3.05, 3.63) is 34.8 Å². The highest BCUT2D eigenvalue weighted by Crippen LogP contribution is 2.39. The van der Waals surface area contributed by atoms with Crippen molar-refractivity contribution in [1.82, 2.24) is 10.3 Å². The molecule has 2 aromatic rings. The van der Waals surface area contributed by atoms with E-state index in [0.29, 0.717) is 6.04 Å². The van der Waals surface area contributed by atoms with Gasteiger partial charge in [0.1, 0.15) is 10.8 Å². The van der Waals surface area contributed by atoms with Crippen LogP contribution in [-0.2, 0) is 6.42 Å². The summed E-state index contributed by atoms with van der Waals surface area (Å²) in [6.45, 7) is 3.27. The summed E-state index contributed by atoms with van der Waals surface area (Å²) in [7, 11) is 1.72. The molecule has 3 rings (SSSR count). The Labute approximate surface area is 130 Å². The van der Waals surface area contributed by atoms with Crippen LogP contribution in [0.4, 0.5) is 0 Å². The highest BCUT2D eigenvalue weighted by molar-refractivity contribution is 7.15. The molecule has 0 saturated heterocycles. The largest absolute Gasteiger partial charge is 0.496 e. The average molecular weight is 302 g/mol. The first kappa shape index (κ1) is 14.5. The molecule has 0 fully saturated rings. The molecular formula is C17H22N2OS. The molecule has 0 spiro atoms. The van der Waals surface area contributed by atoms with E-state index >= 15 is 0 Å². The molecule has 1 unspecified atom stereocenters. The molecule has 112 valence electrons. The second-order valence-electron chi connectivity index (χ2n) is 5.43. The van der Waals surface area contributed by atoms with E-state index in [0.717, 1.165) is 35.7 Å². The molecule has 3 nitrogen and oxygen atoms in total. The maximum absolute atomic E-state index is 5.47. The fourth-order valence-corrected chi connectivity index (χ4v) is 4.07. The lowest BCUT2D eigenvalue weighted by molar-refractivity contribution is 0.416.